The lowest BCUT2D eigenvalue weighted by Crippen LogP contribution is -2.39. The van der Waals surface area contributed by atoms with E-state index in [1.54, 1.807) is 7.05 Å². The Morgan fingerprint density at radius 2 is 2.24 bits per heavy atom. The Morgan fingerprint density at radius 1 is 1.59 bits per heavy atom. The monoisotopic (exact) mass is 257 g/mol. The molecule has 1 amide bonds. The summed E-state index contributed by atoms with van der Waals surface area (Å²) in [7, 11) is 1.60. The summed E-state index contributed by atoms with van der Waals surface area (Å²) in [4.78, 5) is 19.3. The third-order valence-corrected chi connectivity index (χ3v) is 2.51. The van der Waals surface area contributed by atoms with Gasteiger partial charge in [0.1, 0.15) is 0 Å². The van der Waals surface area contributed by atoms with Crippen LogP contribution in [-0.4, -0.2) is 29.5 Å². The second-order valence-electron chi connectivity index (χ2n) is 4.26. The molecule has 0 unspecified atom stereocenters. The fourth-order valence-electron chi connectivity index (χ4n) is 1.23. The summed E-state index contributed by atoms with van der Waals surface area (Å²) in [5.74, 6) is 0.366. The minimum absolute atomic E-state index is 0.0660. The van der Waals surface area contributed by atoms with Gasteiger partial charge in [0.05, 0.1) is 17.3 Å². The van der Waals surface area contributed by atoms with Crippen LogP contribution in [0, 0.1) is 5.41 Å². The number of carbonyl (C=O) groups excluding carboxylic acids is 1. The van der Waals surface area contributed by atoms with Crippen LogP contribution in [0.4, 0.5) is 11.5 Å². The van der Waals surface area contributed by atoms with Crippen molar-refractivity contribution in [2.24, 2.45) is 5.41 Å². The van der Waals surface area contributed by atoms with Gasteiger partial charge in [0.15, 0.2) is 5.82 Å². The summed E-state index contributed by atoms with van der Waals surface area (Å²) >= 11 is 5.66. The maximum Gasteiger partial charge on any atom is 0.227 e. The average Bonchev–Trinajstić information content (AvgIpc) is 2.29. The van der Waals surface area contributed by atoms with Crippen LogP contribution < -0.4 is 16.4 Å². The molecular weight excluding hydrogens is 242 g/mol. The van der Waals surface area contributed by atoms with Crippen LogP contribution in [-0.2, 0) is 4.79 Å². The van der Waals surface area contributed by atoms with E-state index in [0.29, 0.717) is 18.1 Å². The van der Waals surface area contributed by atoms with E-state index in [2.05, 4.69) is 20.6 Å². The Labute approximate surface area is 105 Å². The molecule has 94 valence electrons. The van der Waals surface area contributed by atoms with Crippen molar-refractivity contribution in [1.82, 2.24) is 15.3 Å². The summed E-state index contributed by atoms with van der Waals surface area (Å²) < 4.78 is 0. The number of halogens is 1. The van der Waals surface area contributed by atoms with Gasteiger partial charge in [-0.25, -0.2) is 4.98 Å². The molecule has 0 aromatic carbocycles. The lowest BCUT2D eigenvalue weighted by atomic mass is 9.92. The average molecular weight is 258 g/mol. The number of nitrogens with zero attached hydrogens (tertiary/aromatic N) is 2. The molecule has 0 spiro atoms. The standard InChI is InChI=1S/C10H16ClN5O/c1-10(2,8(17)13-3)5-15-7-6(12)4-14-9(11)16-7/h4H,5,12H2,1-3H3,(H,13,17)(H,14,15,16). The molecule has 0 saturated carbocycles. The molecule has 1 heterocycles. The van der Waals surface area contributed by atoms with Crippen LogP contribution in [0.3, 0.4) is 0 Å². The molecule has 17 heavy (non-hydrogen) atoms. The Bertz CT molecular complexity index is 421. The molecule has 0 aliphatic rings. The van der Waals surface area contributed by atoms with Crippen LogP contribution in [0.1, 0.15) is 13.8 Å². The number of nitrogens with two attached hydrogens (primary N) is 1. The zero-order chi connectivity index (χ0) is 13.1. The first-order chi connectivity index (χ1) is 7.86. The third-order valence-electron chi connectivity index (χ3n) is 2.33. The highest BCUT2D eigenvalue weighted by atomic mass is 35.5. The molecular formula is C10H16ClN5O. The van der Waals surface area contributed by atoms with Crippen molar-refractivity contribution >= 4 is 29.0 Å². The number of nitrogens with one attached hydrogen (secondary N) is 2. The van der Waals surface area contributed by atoms with Crippen molar-refractivity contribution < 1.29 is 4.79 Å². The second kappa shape index (κ2) is 5.18. The maximum absolute atomic E-state index is 11.6. The van der Waals surface area contributed by atoms with E-state index in [1.807, 2.05) is 13.8 Å². The topological polar surface area (TPSA) is 92.9 Å². The number of carbonyl (C=O) groups is 1. The molecule has 1 rings (SSSR count). The van der Waals surface area contributed by atoms with Crippen LogP contribution in [0.2, 0.25) is 5.28 Å². The Balaban J connectivity index is 2.73. The number of nitrogen functional groups attached to an aromatic ring is 1. The molecule has 0 radical (unpaired) electrons. The largest absolute Gasteiger partial charge is 0.394 e. The van der Waals surface area contributed by atoms with Crippen molar-refractivity contribution in [3.05, 3.63) is 11.5 Å². The first-order valence-electron chi connectivity index (χ1n) is 5.11. The molecule has 0 saturated heterocycles. The van der Waals surface area contributed by atoms with Crippen molar-refractivity contribution in [2.45, 2.75) is 13.8 Å². The predicted octanol–water partition coefficient (Wildman–Crippen LogP) is 0.896. The summed E-state index contributed by atoms with van der Waals surface area (Å²) in [6.07, 6.45) is 1.42. The van der Waals surface area contributed by atoms with Crippen molar-refractivity contribution in [2.75, 3.05) is 24.6 Å². The molecule has 1 aromatic heterocycles. The van der Waals surface area contributed by atoms with Crippen LogP contribution in [0.5, 0.6) is 0 Å². The normalized spacial score (nSPS) is 11.1. The number of anilines is 2. The first-order valence-corrected chi connectivity index (χ1v) is 5.48. The summed E-state index contributed by atoms with van der Waals surface area (Å²) in [5, 5.41) is 5.70. The Kier molecular flexibility index (Phi) is 4.11. The van der Waals surface area contributed by atoms with E-state index in [0.717, 1.165) is 0 Å². The van der Waals surface area contributed by atoms with Gasteiger partial charge in [-0.3, -0.25) is 4.79 Å². The van der Waals surface area contributed by atoms with Gasteiger partial charge in [0.2, 0.25) is 11.2 Å². The molecule has 0 bridgehead atoms. The van der Waals surface area contributed by atoms with Gasteiger partial charge in [0.25, 0.3) is 0 Å². The third kappa shape index (κ3) is 3.45. The number of aromatic nitrogens is 2. The van der Waals surface area contributed by atoms with Gasteiger partial charge in [-0.1, -0.05) is 0 Å². The fraction of sp³-hybridized carbons (Fsp3) is 0.500. The highest BCUT2D eigenvalue weighted by Crippen LogP contribution is 2.20. The number of hydrogen-bond donors (Lipinski definition) is 3. The molecule has 0 fully saturated rings. The number of rotatable bonds is 4. The van der Waals surface area contributed by atoms with Crippen molar-refractivity contribution in [1.29, 1.82) is 0 Å². The molecule has 0 aliphatic carbocycles. The van der Waals surface area contributed by atoms with Gasteiger partial charge < -0.3 is 16.4 Å². The maximum atomic E-state index is 11.6. The smallest absolute Gasteiger partial charge is 0.227 e. The molecule has 7 heteroatoms. The molecule has 6 nitrogen and oxygen atoms in total. The van der Waals surface area contributed by atoms with E-state index in [9.17, 15) is 4.79 Å². The number of amides is 1. The van der Waals surface area contributed by atoms with Crippen molar-refractivity contribution in [3.63, 3.8) is 0 Å². The minimum atomic E-state index is -0.571. The zero-order valence-corrected chi connectivity index (χ0v) is 10.8. The molecule has 4 N–H and O–H groups in total. The minimum Gasteiger partial charge on any atom is -0.394 e. The highest BCUT2D eigenvalue weighted by Gasteiger charge is 2.26. The lowest BCUT2D eigenvalue weighted by molar-refractivity contribution is -0.128. The van der Waals surface area contributed by atoms with E-state index in [1.165, 1.54) is 6.20 Å². The summed E-state index contributed by atoms with van der Waals surface area (Å²) in [6, 6.07) is 0. The summed E-state index contributed by atoms with van der Waals surface area (Å²) in [6.45, 7) is 4.03. The van der Waals surface area contributed by atoms with E-state index >= 15 is 0 Å². The Morgan fingerprint density at radius 3 is 2.82 bits per heavy atom. The first kappa shape index (κ1) is 13.5. The molecule has 0 atom stereocenters. The van der Waals surface area contributed by atoms with E-state index in [-0.39, 0.29) is 11.2 Å². The quantitative estimate of drug-likeness (QED) is 0.697. The van der Waals surface area contributed by atoms with E-state index in [4.69, 9.17) is 17.3 Å². The second-order valence-corrected chi connectivity index (χ2v) is 4.60. The van der Waals surface area contributed by atoms with Crippen LogP contribution in [0.25, 0.3) is 0 Å². The van der Waals surface area contributed by atoms with Crippen molar-refractivity contribution in [3.8, 4) is 0 Å². The predicted molar refractivity (Wildman–Crippen MR) is 67.8 cm³/mol. The van der Waals surface area contributed by atoms with Gasteiger partial charge in [-0.2, -0.15) is 4.98 Å². The van der Waals surface area contributed by atoms with Gasteiger partial charge in [0, 0.05) is 13.6 Å². The fourth-order valence-corrected chi connectivity index (χ4v) is 1.37. The Hall–Kier alpha value is -1.56. The highest BCUT2D eigenvalue weighted by molar-refractivity contribution is 6.28. The SMILES string of the molecule is CNC(=O)C(C)(C)CNc1nc(Cl)ncc1N. The van der Waals surface area contributed by atoms with Crippen LogP contribution >= 0.6 is 11.6 Å². The van der Waals surface area contributed by atoms with Gasteiger partial charge in [-0.15, -0.1) is 0 Å². The van der Waals surface area contributed by atoms with Gasteiger partial charge >= 0.3 is 0 Å². The summed E-state index contributed by atoms with van der Waals surface area (Å²) in [5.41, 5.74) is 5.50. The molecule has 0 aliphatic heterocycles. The lowest BCUT2D eigenvalue weighted by Gasteiger charge is -2.23. The van der Waals surface area contributed by atoms with Crippen LogP contribution in [0.15, 0.2) is 6.20 Å². The van der Waals surface area contributed by atoms with Gasteiger partial charge in [-0.05, 0) is 25.4 Å². The number of hydrogen-bond acceptors (Lipinski definition) is 5. The zero-order valence-electron chi connectivity index (χ0n) is 10.0. The van der Waals surface area contributed by atoms with E-state index < -0.39 is 5.41 Å². The molecule has 1 aromatic rings.